The van der Waals surface area contributed by atoms with E-state index in [-0.39, 0.29) is 17.1 Å². The number of hydrogen-bond donors (Lipinski definition) is 1. The molecule has 0 saturated heterocycles. The first-order chi connectivity index (χ1) is 17.1. The van der Waals surface area contributed by atoms with Gasteiger partial charge in [0.25, 0.3) is 0 Å². The molecule has 0 aliphatic carbocycles. The van der Waals surface area contributed by atoms with Gasteiger partial charge in [0.05, 0.1) is 22.5 Å². The van der Waals surface area contributed by atoms with Crippen LogP contribution in [0.2, 0.25) is 0 Å². The monoisotopic (exact) mass is 503 g/mol. The minimum absolute atomic E-state index is 0.0326. The largest absolute Gasteiger partial charge is 0.488 e. The van der Waals surface area contributed by atoms with Crippen molar-refractivity contribution in [2.45, 2.75) is 33.2 Å². The third-order valence-electron chi connectivity index (χ3n) is 6.39. The predicted molar refractivity (Wildman–Crippen MR) is 138 cm³/mol. The Morgan fingerprint density at radius 2 is 1.89 bits per heavy atom. The smallest absolute Gasteiger partial charge is 0.358 e. The molecule has 0 fully saturated rings. The quantitative estimate of drug-likeness (QED) is 0.300. The van der Waals surface area contributed by atoms with Gasteiger partial charge < -0.3 is 13.7 Å². The molecule has 36 heavy (non-hydrogen) atoms. The van der Waals surface area contributed by atoms with Crippen LogP contribution in [0.15, 0.2) is 59.4 Å². The zero-order chi connectivity index (χ0) is 25.8. The minimum atomic E-state index is -5.17. The summed E-state index contributed by atoms with van der Waals surface area (Å²) < 4.78 is 41.6. The van der Waals surface area contributed by atoms with Crippen LogP contribution in [0.25, 0.3) is 44.0 Å². The van der Waals surface area contributed by atoms with Crippen LogP contribution in [0.1, 0.15) is 37.8 Å². The lowest BCUT2D eigenvalue weighted by molar-refractivity contribution is 0.440. The summed E-state index contributed by atoms with van der Waals surface area (Å²) in [6, 6.07) is 17.3. The molecule has 0 aliphatic rings. The molecule has 2 aromatic heterocycles. The first kappa shape index (κ1) is 23.6. The zero-order valence-corrected chi connectivity index (χ0v) is 20.6. The maximum atomic E-state index is 13.8. The second kappa shape index (κ2) is 8.50. The van der Waals surface area contributed by atoms with Crippen molar-refractivity contribution >= 4 is 43.3 Å². The molecule has 2 heterocycles. The molecule has 5 rings (SSSR count). The molecular weight excluding hydrogens is 481 g/mol. The molecule has 9 heteroatoms. The number of halogens is 1. The predicted octanol–water partition coefficient (Wildman–Crippen LogP) is 5.91. The number of H-pyrrole nitrogens is 1. The highest BCUT2D eigenvalue weighted by molar-refractivity contribution is 7.81. The Labute approximate surface area is 206 Å². The highest BCUT2D eigenvalue weighted by atomic mass is 32.3. The zero-order valence-electron chi connectivity index (χ0n) is 19.8. The van der Waals surface area contributed by atoms with Gasteiger partial charge in [-0.3, -0.25) is 4.79 Å². The van der Waals surface area contributed by atoms with E-state index < -0.39 is 10.5 Å². The van der Waals surface area contributed by atoms with Gasteiger partial charge in [0.1, 0.15) is 11.4 Å². The third kappa shape index (κ3) is 3.89. The molecule has 0 saturated carbocycles. The Hall–Kier alpha value is -4.16. The van der Waals surface area contributed by atoms with Gasteiger partial charge in [-0.2, -0.15) is 13.7 Å². The van der Waals surface area contributed by atoms with Gasteiger partial charge in [-0.05, 0) is 65.9 Å². The van der Waals surface area contributed by atoms with Gasteiger partial charge >= 0.3 is 10.5 Å². The number of benzene rings is 3. The van der Waals surface area contributed by atoms with Crippen molar-refractivity contribution in [2.24, 2.45) is 0 Å². The summed E-state index contributed by atoms with van der Waals surface area (Å²) in [5, 5.41) is 11.2. The standard InChI is InChI=1S/C27H22FN3O4S/c1-4-31-24-13-21(17-6-5-7-18(11-17)35-36(28,33)34)20(15(2)3)12-22(24)26(32)25-19-9-8-16(14-29)10-23(19)30-27(25)31/h5-13,15,30H,4H2,1-3H3. The van der Waals surface area contributed by atoms with Gasteiger partial charge in [-0.1, -0.05) is 35.9 Å². The van der Waals surface area contributed by atoms with E-state index in [2.05, 4.69) is 15.2 Å². The SMILES string of the molecule is CCn1c2cc(-c3cccc(OS(=O)(=O)F)c3)c(C(C)C)cc2c(=O)c2c3ccc(C#N)cc3[nH]c21. The average molecular weight is 504 g/mol. The number of hydrogen-bond acceptors (Lipinski definition) is 5. The molecule has 3 aromatic carbocycles. The molecule has 0 aliphatic heterocycles. The van der Waals surface area contributed by atoms with Crippen LogP contribution < -0.4 is 9.61 Å². The van der Waals surface area contributed by atoms with Crippen LogP contribution >= 0.6 is 0 Å². The molecule has 1 N–H and O–H groups in total. The van der Waals surface area contributed by atoms with E-state index >= 15 is 0 Å². The molecule has 0 spiro atoms. The van der Waals surface area contributed by atoms with E-state index in [1.807, 2.05) is 37.5 Å². The van der Waals surface area contributed by atoms with Gasteiger partial charge in [-0.25, -0.2) is 0 Å². The van der Waals surface area contributed by atoms with E-state index in [9.17, 15) is 22.4 Å². The fourth-order valence-electron chi connectivity index (χ4n) is 4.84. The summed E-state index contributed by atoms with van der Waals surface area (Å²) in [4.78, 5) is 17.1. The summed E-state index contributed by atoms with van der Waals surface area (Å²) in [7, 11) is -5.17. The van der Waals surface area contributed by atoms with E-state index in [1.165, 1.54) is 12.1 Å². The average Bonchev–Trinajstić information content (AvgIpc) is 3.21. The van der Waals surface area contributed by atoms with Gasteiger partial charge in [0, 0.05) is 22.8 Å². The number of aromatic nitrogens is 2. The van der Waals surface area contributed by atoms with Crippen LogP contribution in [0.3, 0.4) is 0 Å². The van der Waals surface area contributed by atoms with Gasteiger partial charge in [0.2, 0.25) is 0 Å². The Kier molecular flexibility index (Phi) is 5.57. The van der Waals surface area contributed by atoms with Crippen LogP contribution in [-0.4, -0.2) is 18.0 Å². The highest BCUT2D eigenvalue weighted by Crippen LogP contribution is 2.36. The molecule has 0 radical (unpaired) electrons. The van der Waals surface area contributed by atoms with Crippen molar-refractivity contribution in [3.8, 4) is 22.9 Å². The number of rotatable bonds is 5. The lowest BCUT2D eigenvalue weighted by Crippen LogP contribution is -2.11. The number of pyridine rings is 1. The van der Waals surface area contributed by atoms with Crippen molar-refractivity contribution < 1.29 is 16.5 Å². The molecule has 5 aromatic rings. The maximum Gasteiger partial charge on any atom is 0.488 e. The van der Waals surface area contributed by atoms with E-state index in [0.717, 1.165) is 16.5 Å². The fourth-order valence-corrected chi connectivity index (χ4v) is 5.17. The maximum absolute atomic E-state index is 13.8. The number of aromatic amines is 1. The number of nitrogens with one attached hydrogen (secondary N) is 1. The molecule has 0 amide bonds. The molecule has 7 nitrogen and oxygen atoms in total. The summed E-state index contributed by atoms with van der Waals surface area (Å²) in [6.07, 6.45) is 0. The Balaban J connectivity index is 1.86. The van der Waals surface area contributed by atoms with Crippen molar-refractivity contribution in [3.05, 3.63) is 75.9 Å². The normalized spacial score (nSPS) is 12.0. The summed E-state index contributed by atoms with van der Waals surface area (Å²) in [6.45, 7) is 6.55. The molecular formula is C27H22FN3O4S. The highest BCUT2D eigenvalue weighted by Gasteiger charge is 2.20. The van der Waals surface area contributed by atoms with E-state index in [1.54, 1.807) is 30.3 Å². The fraction of sp³-hybridized carbons (Fsp3) is 0.185. The second-order valence-corrected chi connectivity index (χ2v) is 9.86. The van der Waals surface area contributed by atoms with Crippen LogP contribution in [0.4, 0.5) is 3.89 Å². The first-order valence-electron chi connectivity index (χ1n) is 11.4. The van der Waals surface area contributed by atoms with Gasteiger partial charge in [0.15, 0.2) is 5.43 Å². The third-order valence-corrected chi connectivity index (χ3v) is 6.78. The minimum Gasteiger partial charge on any atom is -0.358 e. The number of fused-ring (bicyclic) bond motifs is 4. The number of nitriles is 1. The summed E-state index contributed by atoms with van der Waals surface area (Å²) in [5.41, 5.74) is 4.74. The van der Waals surface area contributed by atoms with Crippen LogP contribution in [0, 0.1) is 11.3 Å². The molecule has 0 unspecified atom stereocenters. The Morgan fingerprint density at radius 1 is 1.11 bits per heavy atom. The molecule has 182 valence electrons. The van der Waals surface area contributed by atoms with Gasteiger partial charge in [-0.15, -0.1) is 0 Å². The Bertz CT molecular complexity index is 1900. The number of aryl methyl sites for hydroxylation is 1. The lowest BCUT2D eigenvalue weighted by atomic mass is 9.90. The van der Waals surface area contributed by atoms with Crippen LogP contribution in [0.5, 0.6) is 5.75 Å². The van der Waals surface area contributed by atoms with Crippen molar-refractivity contribution in [3.63, 3.8) is 0 Å². The lowest BCUT2D eigenvalue weighted by Gasteiger charge is -2.18. The van der Waals surface area contributed by atoms with E-state index in [0.29, 0.717) is 45.1 Å². The Morgan fingerprint density at radius 3 is 2.56 bits per heavy atom. The van der Waals surface area contributed by atoms with Crippen molar-refractivity contribution in [2.75, 3.05) is 0 Å². The topological polar surface area (TPSA) is 105 Å². The second-order valence-electron chi connectivity index (χ2n) is 8.91. The van der Waals surface area contributed by atoms with Crippen molar-refractivity contribution in [1.29, 1.82) is 5.26 Å². The molecule has 0 atom stereocenters. The van der Waals surface area contributed by atoms with E-state index in [4.69, 9.17) is 0 Å². The van der Waals surface area contributed by atoms with Crippen LogP contribution in [-0.2, 0) is 17.0 Å². The van der Waals surface area contributed by atoms with Crippen molar-refractivity contribution in [1.82, 2.24) is 9.55 Å². The number of nitrogens with zero attached hydrogens (tertiary/aromatic N) is 2. The summed E-state index contributed by atoms with van der Waals surface area (Å²) in [5.74, 6) is -0.109. The first-order valence-corrected chi connectivity index (χ1v) is 12.7. The molecule has 0 bridgehead atoms. The summed E-state index contributed by atoms with van der Waals surface area (Å²) >= 11 is 0.